The molecule has 2 heterocycles. The van der Waals surface area contributed by atoms with Gasteiger partial charge in [0.2, 0.25) is 0 Å². The SMILES string of the molecule is CC#CCC(NC)c1cnn2ccncc12. The fraction of sp³-hybridized carbons (Fsp3) is 0.333. The van der Waals surface area contributed by atoms with Crippen LogP contribution in [0.15, 0.2) is 24.8 Å². The zero-order valence-electron chi connectivity index (χ0n) is 9.44. The summed E-state index contributed by atoms with van der Waals surface area (Å²) in [6.07, 6.45) is 8.05. The topological polar surface area (TPSA) is 42.2 Å². The molecule has 0 bridgehead atoms. The Morgan fingerprint density at radius 1 is 1.50 bits per heavy atom. The van der Waals surface area contributed by atoms with Gasteiger partial charge in [0.1, 0.15) is 0 Å². The van der Waals surface area contributed by atoms with Crippen LogP contribution in [0.2, 0.25) is 0 Å². The smallest absolute Gasteiger partial charge is 0.0893 e. The minimum atomic E-state index is 0.203. The summed E-state index contributed by atoms with van der Waals surface area (Å²) in [6.45, 7) is 1.85. The van der Waals surface area contributed by atoms with E-state index >= 15 is 0 Å². The Balaban J connectivity index is 2.39. The normalized spacial score (nSPS) is 12.1. The maximum Gasteiger partial charge on any atom is 0.0893 e. The van der Waals surface area contributed by atoms with Crippen molar-refractivity contribution in [3.05, 3.63) is 30.4 Å². The summed E-state index contributed by atoms with van der Waals surface area (Å²) < 4.78 is 1.83. The number of hydrogen-bond donors (Lipinski definition) is 1. The summed E-state index contributed by atoms with van der Waals surface area (Å²) in [5.41, 5.74) is 2.16. The molecule has 0 aliphatic carbocycles. The molecule has 0 amide bonds. The van der Waals surface area contributed by atoms with Crippen LogP contribution in [0.1, 0.15) is 24.9 Å². The molecule has 2 aromatic heterocycles. The fourth-order valence-electron chi connectivity index (χ4n) is 1.69. The van der Waals surface area contributed by atoms with Crippen molar-refractivity contribution in [1.82, 2.24) is 19.9 Å². The molecule has 0 saturated heterocycles. The molecule has 1 atom stereocenters. The van der Waals surface area contributed by atoms with Crippen LogP contribution in [0, 0.1) is 11.8 Å². The molecule has 0 spiro atoms. The summed E-state index contributed by atoms with van der Waals surface area (Å²) in [7, 11) is 1.93. The molecular weight excluding hydrogens is 200 g/mol. The molecule has 82 valence electrons. The highest BCUT2D eigenvalue weighted by atomic mass is 15.2. The van der Waals surface area contributed by atoms with Crippen LogP contribution in [0.4, 0.5) is 0 Å². The molecule has 16 heavy (non-hydrogen) atoms. The molecule has 2 aromatic rings. The van der Waals surface area contributed by atoms with Gasteiger partial charge in [0.25, 0.3) is 0 Å². The molecule has 4 nitrogen and oxygen atoms in total. The van der Waals surface area contributed by atoms with Gasteiger partial charge in [-0.3, -0.25) is 4.98 Å². The van der Waals surface area contributed by atoms with Gasteiger partial charge < -0.3 is 5.32 Å². The Morgan fingerprint density at radius 3 is 3.12 bits per heavy atom. The quantitative estimate of drug-likeness (QED) is 0.785. The monoisotopic (exact) mass is 214 g/mol. The lowest BCUT2D eigenvalue weighted by molar-refractivity contribution is 0.615. The molecule has 0 radical (unpaired) electrons. The molecule has 0 aliphatic rings. The van der Waals surface area contributed by atoms with E-state index in [-0.39, 0.29) is 6.04 Å². The molecule has 2 rings (SSSR count). The average Bonchev–Trinajstić information content (AvgIpc) is 2.75. The van der Waals surface area contributed by atoms with Gasteiger partial charge in [-0.25, -0.2) is 4.52 Å². The second kappa shape index (κ2) is 4.77. The number of nitrogens with zero attached hydrogens (tertiary/aromatic N) is 3. The lowest BCUT2D eigenvalue weighted by Gasteiger charge is -2.11. The predicted molar refractivity (Wildman–Crippen MR) is 62.9 cm³/mol. The lowest BCUT2D eigenvalue weighted by atomic mass is 10.1. The first-order valence-electron chi connectivity index (χ1n) is 5.21. The van der Waals surface area contributed by atoms with Gasteiger partial charge in [0.15, 0.2) is 0 Å². The maximum absolute atomic E-state index is 4.28. The van der Waals surface area contributed by atoms with Crippen LogP contribution in [0.3, 0.4) is 0 Å². The predicted octanol–water partition coefficient (Wildman–Crippen LogP) is 1.40. The zero-order chi connectivity index (χ0) is 11.4. The molecule has 0 aliphatic heterocycles. The minimum absolute atomic E-state index is 0.203. The molecule has 0 saturated carbocycles. The Labute approximate surface area is 94.7 Å². The highest BCUT2D eigenvalue weighted by Crippen LogP contribution is 2.20. The van der Waals surface area contributed by atoms with Crippen LogP contribution < -0.4 is 5.32 Å². The van der Waals surface area contributed by atoms with Crippen molar-refractivity contribution in [3.63, 3.8) is 0 Å². The lowest BCUT2D eigenvalue weighted by Crippen LogP contribution is -2.15. The molecule has 1 N–H and O–H groups in total. The third kappa shape index (κ3) is 1.90. The van der Waals surface area contributed by atoms with E-state index in [1.165, 1.54) is 0 Å². The van der Waals surface area contributed by atoms with Crippen LogP contribution in [0.25, 0.3) is 5.52 Å². The molecular formula is C12H14N4. The van der Waals surface area contributed by atoms with E-state index in [1.54, 1.807) is 6.20 Å². The van der Waals surface area contributed by atoms with E-state index in [9.17, 15) is 0 Å². The minimum Gasteiger partial charge on any atom is -0.312 e. The van der Waals surface area contributed by atoms with Crippen LogP contribution in [-0.2, 0) is 0 Å². The highest BCUT2D eigenvalue weighted by molar-refractivity contribution is 5.53. The largest absolute Gasteiger partial charge is 0.312 e. The van der Waals surface area contributed by atoms with Crippen molar-refractivity contribution in [2.45, 2.75) is 19.4 Å². The summed E-state index contributed by atoms with van der Waals surface area (Å²) in [6, 6.07) is 0.203. The van der Waals surface area contributed by atoms with Gasteiger partial charge in [-0.2, -0.15) is 5.10 Å². The Hall–Kier alpha value is -1.86. The van der Waals surface area contributed by atoms with Crippen molar-refractivity contribution in [2.24, 2.45) is 0 Å². The number of nitrogens with one attached hydrogen (secondary N) is 1. The Kier molecular flexibility index (Phi) is 3.18. The first kappa shape index (κ1) is 10.7. The first-order chi connectivity index (χ1) is 7.86. The summed E-state index contributed by atoms with van der Waals surface area (Å²) >= 11 is 0. The average molecular weight is 214 g/mol. The van der Waals surface area contributed by atoms with Crippen molar-refractivity contribution in [3.8, 4) is 11.8 Å². The second-order valence-electron chi connectivity index (χ2n) is 3.48. The summed E-state index contributed by atoms with van der Waals surface area (Å²) in [4.78, 5) is 4.12. The summed E-state index contributed by atoms with van der Waals surface area (Å²) in [5, 5.41) is 7.53. The molecule has 1 unspecified atom stereocenters. The van der Waals surface area contributed by atoms with Crippen molar-refractivity contribution < 1.29 is 0 Å². The van der Waals surface area contributed by atoms with Gasteiger partial charge in [-0.05, 0) is 14.0 Å². The van der Waals surface area contributed by atoms with E-state index in [0.29, 0.717) is 0 Å². The van der Waals surface area contributed by atoms with E-state index in [2.05, 4.69) is 27.2 Å². The Bertz CT molecular complexity index is 532. The van der Waals surface area contributed by atoms with Gasteiger partial charge in [-0.1, -0.05) is 0 Å². The maximum atomic E-state index is 4.28. The third-order valence-corrected chi connectivity index (χ3v) is 2.56. The number of aromatic nitrogens is 3. The van der Waals surface area contributed by atoms with Crippen molar-refractivity contribution >= 4 is 5.52 Å². The van der Waals surface area contributed by atoms with Gasteiger partial charge >= 0.3 is 0 Å². The van der Waals surface area contributed by atoms with Crippen LogP contribution in [-0.4, -0.2) is 21.6 Å². The van der Waals surface area contributed by atoms with Crippen LogP contribution in [0.5, 0.6) is 0 Å². The first-order valence-corrected chi connectivity index (χ1v) is 5.21. The van der Waals surface area contributed by atoms with E-state index in [1.807, 2.05) is 37.1 Å². The molecule has 0 fully saturated rings. The standard InChI is InChI=1S/C12H14N4/c1-3-4-5-11(13-2)10-8-15-16-7-6-14-9-12(10)16/h6-9,11,13H,5H2,1-2H3. The van der Waals surface area contributed by atoms with Gasteiger partial charge in [0, 0.05) is 30.4 Å². The fourth-order valence-corrected chi connectivity index (χ4v) is 1.69. The van der Waals surface area contributed by atoms with Crippen molar-refractivity contribution in [1.29, 1.82) is 0 Å². The van der Waals surface area contributed by atoms with E-state index < -0.39 is 0 Å². The van der Waals surface area contributed by atoms with Crippen LogP contribution >= 0.6 is 0 Å². The Morgan fingerprint density at radius 2 is 2.38 bits per heavy atom. The van der Waals surface area contributed by atoms with E-state index in [0.717, 1.165) is 17.5 Å². The highest BCUT2D eigenvalue weighted by Gasteiger charge is 2.13. The van der Waals surface area contributed by atoms with Gasteiger partial charge in [0.05, 0.1) is 17.9 Å². The van der Waals surface area contributed by atoms with E-state index in [4.69, 9.17) is 0 Å². The molecule has 0 aromatic carbocycles. The molecule has 4 heteroatoms. The van der Waals surface area contributed by atoms with Crippen molar-refractivity contribution in [2.75, 3.05) is 7.05 Å². The number of hydrogen-bond acceptors (Lipinski definition) is 3. The summed E-state index contributed by atoms with van der Waals surface area (Å²) in [5.74, 6) is 5.99. The third-order valence-electron chi connectivity index (χ3n) is 2.56. The zero-order valence-corrected chi connectivity index (χ0v) is 9.44. The van der Waals surface area contributed by atoms with Gasteiger partial charge in [-0.15, -0.1) is 11.8 Å². The number of rotatable bonds is 3. The number of fused-ring (bicyclic) bond motifs is 1. The second-order valence-corrected chi connectivity index (χ2v) is 3.48.